The summed E-state index contributed by atoms with van der Waals surface area (Å²) >= 11 is 0. The van der Waals surface area contributed by atoms with Gasteiger partial charge in [0, 0.05) is 56.3 Å². The Morgan fingerprint density at radius 2 is 1.71 bits per heavy atom. The van der Waals surface area contributed by atoms with E-state index in [0.29, 0.717) is 24.6 Å². The number of para-hydroxylation sites is 1. The molecule has 0 radical (unpaired) electrons. The highest BCUT2D eigenvalue weighted by Crippen LogP contribution is 2.14. The fourth-order valence-electron chi connectivity index (χ4n) is 2.22. The number of phenols is 1. The Morgan fingerprint density at radius 3 is 2.33 bits per heavy atom. The Balaban J connectivity index is 2.06. The van der Waals surface area contributed by atoms with E-state index in [2.05, 4.69) is 22.5 Å². The molecule has 0 amide bonds. The Labute approximate surface area is 145 Å². The summed E-state index contributed by atoms with van der Waals surface area (Å²) in [6.45, 7) is 12.3. The van der Waals surface area contributed by atoms with Crippen molar-refractivity contribution in [1.82, 2.24) is 16.0 Å². The van der Waals surface area contributed by atoms with E-state index < -0.39 is 0 Å². The third-order valence-corrected chi connectivity index (χ3v) is 3.70. The van der Waals surface area contributed by atoms with Crippen LogP contribution < -0.4 is 16.0 Å². The largest absolute Gasteiger partial charge is 0.512 e. The first-order chi connectivity index (χ1) is 11.6. The van der Waals surface area contributed by atoms with Gasteiger partial charge < -0.3 is 26.2 Å². The number of aromatic hydroxyl groups is 1. The zero-order valence-electron chi connectivity index (χ0n) is 14.8. The maximum absolute atomic E-state index is 9.93. The summed E-state index contributed by atoms with van der Waals surface area (Å²) in [7, 11) is 0. The minimum absolute atomic E-state index is 0.119. The van der Waals surface area contributed by atoms with Crippen LogP contribution in [0.4, 0.5) is 0 Å². The van der Waals surface area contributed by atoms with Crippen molar-refractivity contribution in [2.24, 2.45) is 5.92 Å². The van der Waals surface area contributed by atoms with Crippen LogP contribution in [-0.2, 0) is 6.54 Å². The van der Waals surface area contributed by atoms with Crippen LogP contribution in [0.15, 0.2) is 48.3 Å². The number of allylic oxidation sites excluding steroid dienone is 1. The van der Waals surface area contributed by atoms with Gasteiger partial charge in [-0.15, -0.1) is 0 Å². The van der Waals surface area contributed by atoms with E-state index in [1.807, 2.05) is 32.0 Å². The van der Waals surface area contributed by atoms with Gasteiger partial charge in [-0.05, 0) is 6.07 Å². The molecule has 0 heterocycles. The van der Waals surface area contributed by atoms with Gasteiger partial charge in [0.15, 0.2) is 0 Å². The second-order valence-electron chi connectivity index (χ2n) is 6.00. The number of hydrogen-bond acceptors (Lipinski definition) is 5. The standard InChI is InChI=1S/C19H31N3O2/c1-4-16(19(24)15(2)3)13-21-11-9-20-10-12-22-14-17-7-5-6-8-18(17)23/h4-8,15,20-24H,1,9-14H2,2-3H3/b19-16-. The van der Waals surface area contributed by atoms with Crippen LogP contribution in [0.5, 0.6) is 5.75 Å². The Kier molecular flexibility index (Phi) is 9.84. The summed E-state index contributed by atoms with van der Waals surface area (Å²) in [6, 6.07) is 7.35. The smallest absolute Gasteiger partial charge is 0.120 e. The molecule has 5 N–H and O–H groups in total. The molecule has 0 aliphatic rings. The highest BCUT2D eigenvalue weighted by molar-refractivity contribution is 5.31. The predicted molar refractivity (Wildman–Crippen MR) is 100 cm³/mol. The van der Waals surface area contributed by atoms with Crippen molar-refractivity contribution in [1.29, 1.82) is 0 Å². The molecular formula is C19H31N3O2. The molecule has 0 atom stereocenters. The molecule has 1 rings (SSSR count). The third kappa shape index (κ3) is 7.64. The molecule has 0 aliphatic carbocycles. The summed E-state index contributed by atoms with van der Waals surface area (Å²) in [4.78, 5) is 0. The van der Waals surface area contributed by atoms with E-state index in [1.165, 1.54) is 0 Å². The normalized spacial score (nSPS) is 12.3. The number of hydrogen-bond donors (Lipinski definition) is 5. The zero-order chi connectivity index (χ0) is 17.8. The average molecular weight is 333 g/mol. The van der Waals surface area contributed by atoms with E-state index in [1.54, 1.807) is 12.1 Å². The Bertz CT molecular complexity index is 527. The van der Waals surface area contributed by atoms with Gasteiger partial charge in [-0.2, -0.15) is 0 Å². The molecule has 0 fully saturated rings. The SMILES string of the molecule is C=C/C(CNCCNCCNCc1ccccc1O)=C(/O)C(C)C. The van der Waals surface area contributed by atoms with Crippen LogP contribution in [0.3, 0.4) is 0 Å². The van der Waals surface area contributed by atoms with Crippen molar-refractivity contribution in [3.8, 4) is 5.75 Å². The Morgan fingerprint density at radius 1 is 1.08 bits per heavy atom. The number of nitrogens with one attached hydrogen (secondary N) is 3. The van der Waals surface area contributed by atoms with Crippen molar-refractivity contribution < 1.29 is 10.2 Å². The summed E-state index contributed by atoms with van der Waals surface area (Å²) in [5.74, 6) is 0.852. The Hall–Kier alpha value is -1.82. The monoisotopic (exact) mass is 333 g/mol. The first-order valence-electron chi connectivity index (χ1n) is 8.49. The van der Waals surface area contributed by atoms with E-state index in [9.17, 15) is 10.2 Å². The van der Waals surface area contributed by atoms with Gasteiger partial charge in [0.25, 0.3) is 0 Å². The molecule has 134 valence electrons. The molecule has 1 aromatic rings. The molecule has 0 spiro atoms. The topological polar surface area (TPSA) is 76.5 Å². The molecule has 5 nitrogen and oxygen atoms in total. The molecular weight excluding hydrogens is 302 g/mol. The third-order valence-electron chi connectivity index (χ3n) is 3.70. The second-order valence-corrected chi connectivity index (χ2v) is 6.00. The number of rotatable bonds is 12. The average Bonchev–Trinajstić information content (AvgIpc) is 2.57. The number of aliphatic hydroxyl groups excluding tert-OH is 1. The highest BCUT2D eigenvalue weighted by Gasteiger charge is 2.05. The second kappa shape index (κ2) is 11.7. The molecule has 0 aromatic heterocycles. The lowest BCUT2D eigenvalue weighted by Gasteiger charge is -2.12. The maximum atomic E-state index is 9.93. The molecule has 0 aliphatic heterocycles. The van der Waals surface area contributed by atoms with Gasteiger partial charge in [-0.3, -0.25) is 0 Å². The molecule has 0 bridgehead atoms. The molecule has 0 saturated heterocycles. The van der Waals surface area contributed by atoms with Crippen molar-refractivity contribution in [2.75, 3.05) is 32.7 Å². The van der Waals surface area contributed by atoms with Gasteiger partial charge in [0.05, 0.1) is 5.76 Å². The van der Waals surface area contributed by atoms with E-state index in [-0.39, 0.29) is 5.92 Å². The minimum atomic E-state index is 0.119. The van der Waals surface area contributed by atoms with E-state index >= 15 is 0 Å². The highest BCUT2D eigenvalue weighted by atomic mass is 16.3. The zero-order valence-corrected chi connectivity index (χ0v) is 14.8. The molecule has 0 saturated carbocycles. The van der Waals surface area contributed by atoms with Gasteiger partial charge in [-0.1, -0.05) is 44.7 Å². The van der Waals surface area contributed by atoms with E-state index in [0.717, 1.165) is 37.3 Å². The van der Waals surface area contributed by atoms with Gasteiger partial charge in [-0.25, -0.2) is 0 Å². The van der Waals surface area contributed by atoms with Crippen molar-refractivity contribution >= 4 is 0 Å². The van der Waals surface area contributed by atoms with Gasteiger partial charge >= 0.3 is 0 Å². The van der Waals surface area contributed by atoms with E-state index in [4.69, 9.17) is 0 Å². The number of benzene rings is 1. The lowest BCUT2D eigenvalue weighted by atomic mass is 10.1. The van der Waals surface area contributed by atoms with Gasteiger partial charge in [0.1, 0.15) is 5.75 Å². The van der Waals surface area contributed by atoms with Gasteiger partial charge in [0.2, 0.25) is 0 Å². The number of aliphatic hydroxyl groups is 1. The molecule has 0 unspecified atom stereocenters. The fraction of sp³-hybridized carbons (Fsp3) is 0.474. The fourth-order valence-corrected chi connectivity index (χ4v) is 2.22. The summed E-state index contributed by atoms with van der Waals surface area (Å²) in [6.07, 6.45) is 1.71. The molecule has 5 heteroatoms. The van der Waals surface area contributed by atoms with Crippen LogP contribution in [0.2, 0.25) is 0 Å². The summed E-state index contributed by atoms with van der Waals surface area (Å²) in [5.41, 5.74) is 1.77. The van der Waals surface area contributed by atoms with Crippen LogP contribution in [0, 0.1) is 5.92 Å². The first kappa shape index (κ1) is 20.2. The maximum Gasteiger partial charge on any atom is 0.120 e. The van der Waals surface area contributed by atoms with Crippen molar-refractivity contribution in [2.45, 2.75) is 20.4 Å². The summed E-state index contributed by atoms with van der Waals surface area (Å²) < 4.78 is 0. The quantitative estimate of drug-likeness (QED) is 0.231. The van der Waals surface area contributed by atoms with Crippen LogP contribution in [-0.4, -0.2) is 42.9 Å². The lowest BCUT2D eigenvalue weighted by Crippen LogP contribution is -2.33. The lowest BCUT2D eigenvalue weighted by molar-refractivity contribution is 0.344. The first-order valence-corrected chi connectivity index (χ1v) is 8.49. The van der Waals surface area contributed by atoms with Crippen molar-refractivity contribution in [3.05, 3.63) is 53.8 Å². The summed E-state index contributed by atoms with van der Waals surface area (Å²) in [5, 5.41) is 29.5. The van der Waals surface area contributed by atoms with Crippen LogP contribution in [0.1, 0.15) is 19.4 Å². The molecule has 1 aromatic carbocycles. The predicted octanol–water partition coefficient (Wildman–Crippen LogP) is 2.32. The molecule has 24 heavy (non-hydrogen) atoms. The minimum Gasteiger partial charge on any atom is -0.512 e. The van der Waals surface area contributed by atoms with Crippen LogP contribution >= 0.6 is 0 Å². The van der Waals surface area contributed by atoms with Crippen molar-refractivity contribution in [3.63, 3.8) is 0 Å². The van der Waals surface area contributed by atoms with Crippen LogP contribution in [0.25, 0.3) is 0 Å². The number of phenolic OH excluding ortho intramolecular Hbond substituents is 1.